The van der Waals surface area contributed by atoms with Gasteiger partial charge >= 0.3 is 0 Å². The van der Waals surface area contributed by atoms with Gasteiger partial charge in [-0.1, -0.05) is 30.3 Å². The monoisotopic (exact) mass is 173 g/mol. The summed E-state index contributed by atoms with van der Waals surface area (Å²) in [6, 6.07) is 10.0. The highest BCUT2D eigenvalue weighted by Crippen LogP contribution is 2.15. The molecule has 2 N–H and O–H groups in total. The second-order valence-corrected chi connectivity index (χ2v) is 2.77. The highest BCUT2D eigenvalue weighted by molar-refractivity contribution is 5.54. The van der Waals surface area contributed by atoms with Crippen molar-refractivity contribution in [1.82, 2.24) is 9.55 Å². The van der Waals surface area contributed by atoms with Crippen molar-refractivity contribution in [1.29, 1.82) is 0 Å². The Labute approximate surface area is 76.8 Å². The predicted molar refractivity (Wildman–Crippen MR) is 51.9 cm³/mol. The van der Waals surface area contributed by atoms with E-state index in [2.05, 4.69) is 4.98 Å². The molecule has 13 heavy (non-hydrogen) atoms. The van der Waals surface area contributed by atoms with Crippen molar-refractivity contribution in [3.8, 4) is 11.4 Å². The number of nitrogens with zero attached hydrogens (tertiary/aromatic N) is 2. The summed E-state index contributed by atoms with van der Waals surface area (Å²) in [6.07, 6.45) is 3.64. The average molecular weight is 173 g/mol. The van der Waals surface area contributed by atoms with Crippen molar-refractivity contribution in [2.24, 2.45) is 5.73 Å². The minimum atomic E-state index is 0.463. The maximum absolute atomic E-state index is 5.56. The molecule has 0 aliphatic heterocycles. The molecule has 0 radical (unpaired) electrons. The molecule has 0 saturated heterocycles. The molecule has 0 bridgehead atoms. The first kappa shape index (κ1) is 8.01. The number of rotatable bonds is 2. The third kappa shape index (κ3) is 1.46. The molecule has 3 nitrogen and oxygen atoms in total. The smallest absolute Gasteiger partial charge is 0.140 e. The molecule has 1 aromatic heterocycles. The summed E-state index contributed by atoms with van der Waals surface area (Å²) in [4.78, 5) is 4.24. The minimum Gasteiger partial charge on any atom is -0.318 e. The van der Waals surface area contributed by atoms with Crippen LogP contribution in [-0.4, -0.2) is 9.55 Å². The van der Waals surface area contributed by atoms with Crippen LogP contribution >= 0.6 is 0 Å². The van der Waals surface area contributed by atoms with Gasteiger partial charge in [0.1, 0.15) is 5.82 Å². The highest BCUT2D eigenvalue weighted by Gasteiger charge is 2.02. The average Bonchev–Trinajstić information content (AvgIpc) is 2.67. The fourth-order valence-corrected chi connectivity index (χ4v) is 1.30. The zero-order valence-corrected chi connectivity index (χ0v) is 7.22. The Bertz CT molecular complexity index is 378. The number of hydrogen-bond donors (Lipinski definition) is 1. The predicted octanol–water partition coefficient (Wildman–Crippen LogP) is 1.47. The van der Waals surface area contributed by atoms with Crippen molar-refractivity contribution in [2.75, 3.05) is 0 Å². The van der Waals surface area contributed by atoms with Gasteiger partial charge in [-0.05, 0) is 0 Å². The Morgan fingerprint density at radius 1 is 1.23 bits per heavy atom. The van der Waals surface area contributed by atoms with Crippen LogP contribution < -0.4 is 5.73 Å². The molecule has 0 saturated carbocycles. The molecule has 0 fully saturated rings. The van der Waals surface area contributed by atoms with Crippen LogP contribution in [0.3, 0.4) is 0 Å². The van der Waals surface area contributed by atoms with Gasteiger partial charge in [0.15, 0.2) is 0 Å². The van der Waals surface area contributed by atoms with Gasteiger partial charge in [0.05, 0.1) is 6.67 Å². The molecule has 1 aromatic carbocycles. The van der Waals surface area contributed by atoms with Gasteiger partial charge in [-0.3, -0.25) is 0 Å². The number of nitrogens with two attached hydrogens (primary N) is 1. The zero-order chi connectivity index (χ0) is 9.10. The second-order valence-electron chi connectivity index (χ2n) is 2.77. The quantitative estimate of drug-likeness (QED) is 0.747. The van der Waals surface area contributed by atoms with Gasteiger partial charge in [-0.2, -0.15) is 0 Å². The van der Waals surface area contributed by atoms with Crippen LogP contribution in [0.2, 0.25) is 0 Å². The fourth-order valence-electron chi connectivity index (χ4n) is 1.30. The summed E-state index contributed by atoms with van der Waals surface area (Å²) in [6.45, 7) is 0.463. The van der Waals surface area contributed by atoms with E-state index in [0.29, 0.717) is 6.67 Å². The molecule has 0 atom stereocenters. The van der Waals surface area contributed by atoms with Gasteiger partial charge in [0.2, 0.25) is 0 Å². The molecule has 0 aliphatic rings. The molecule has 66 valence electrons. The third-order valence-corrected chi connectivity index (χ3v) is 1.94. The number of aromatic nitrogens is 2. The van der Waals surface area contributed by atoms with E-state index in [4.69, 9.17) is 5.73 Å². The van der Waals surface area contributed by atoms with E-state index in [1.807, 2.05) is 41.1 Å². The van der Waals surface area contributed by atoms with E-state index >= 15 is 0 Å². The molecule has 2 rings (SSSR count). The first-order valence-corrected chi connectivity index (χ1v) is 4.18. The van der Waals surface area contributed by atoms with Gasteiger partial charge < -0.3 is 10.3 Å². The zero-order valence-electron chi connectivity index (χ0n) is 7.22. The SMILES string of the molecule is NCn1ccnc1-c1ccccc1. The standard InChI is InChI=1S/C10H11N3/c11-8-13-7-6-12-10(13)9-4-2-1-3-5-9/h1-7H,8,11H2. The minimum absolute atomic E-state index is 0.463. The van der Waals surface area contributed by atoms with Crippen LogP contribution in [0.25, 0.3) is 11.4 Å². The number of hydrogen-bond acceptors (Lipinski definition) is 2. The Morgan fingerprint density at radius 3 is 2.69 bits per heavy atom. The summed E-state index contributed by atoms with van der Waals surface area (Å²) in [5.74, 6) is 0.920. The van der Waals surface area contributed by atoms with Crippen LogP contribution in [0.1, 0.15) is 0 Å². The lowest BCUT2D eigenvalue weighted by molar-refractivity contribution is 0.740. The first-order valence-electron chi connectivity index (χ1n) is 4.18. The summed E-state index contributed by atoms with van der Waals surface area (Å²) in [7, 11) is 0. The lowest BCUT2D eigenvalue weighted by Crippen LogP contribution is -2.07. The van der Waals surface area contributed by atoms with Crippen LogP contribution in [0.5, 0.6) is 0 Å². The topological polar surface area (TPSA) is 43.8 Å². The van der Waals surface area contributed by atoms with E-state index < -0.39 is 0 Å². The summed E-state index contributed by atoms with van der Waals surface area (Å²) >= 11 is 0. The molecule has 0 amide bonds. The Balaban J connectivity index is 2.47. The van der Waals surface area contributed by atoms with Crippen LogP contribution in [-0.2, 0) is 6.67 Å². The van der Waals surface area contributed by atoms with E-state index in [9.17, 15) is 0 Å². The summed E-state index contributed by atoms with van der Waals surface area (Å²) in [5, 5.41) is 0. The Kier molecular flexibility index (Phi) is 2.10. The maximum atomic E-state index is 5.56. The van der Waals surface area contributed by atoms with E-state index in [1.54, 1.807) is 6.20 Å². The number of benzene rings is 1. The van der Waals surface area contributed by atoms with Crippen molar-refractivity contribution >= 4 is 0 Å². The van der Waals surface area contributed by atoms with Gasteiger partial charge in [0.25, 0.3) is 0 Å². The van der Waals surface area contributed by atoms with Crippen molar-refractivity contribution < 1.29 is 0 Å². The van der Waals surface area contributed by atoms with Crippen molar-refractivity contribution in [3.63, 3.8) is 0 Å². The normalized spacial score (nSPS) is 10.2. The van der Waals surface area contributed by atoms with Gasteiger partial charge in [0, 0.05) is 18.0 Å². The van der Waals surface area contributed by atoms with E-state index in [1.165, 1.54) is 0 Å². The lowest BCUT2D eigenvalue weighted by Gasteiger charge is -2.03. The second kappa shape index (κ2) is 3.41. The van der Waals surface area contributed by atoms with E-state index in [0.717, 1.165) is 11.4 Å². The highest BCUT2D eigenvalue weighted by atomic mass is 15.1. The number of imidazole rings is 1. The fraction of sp³-hybridized carbons (Fsp3) is 0.100. The molecule has 0 unspecified atom stereocenters. The van der Waals surface area contributed by atoms with Crippen LogP contribution in [0, 0.1) is 0 Å². The Morgan fingerprint density at radius 2 is 2.00 bits per heavy atom. The first-order chi connectivity index (χ1) is 6.42. The maximum Gasteiger partial charge on any atom is 0.140 e. The third-order valence-electron chi connectivity index (χ3n) is 1.94. The van der Waals surface area contributed by atoms with Crippen molar-refractivity contribution in [3.05, 3.63) is 42.7 Å². The van der Waals surface area contributed by atoms with Crippen LogP contribution in [0.15, 0.2) is 42.7 Å². The molecule has 3 heteroatoms. The molecule has 1 heterocycles. The largest absolute Gasteiger partial charge is 0.318 e. The molecule has 2 aromatic rings. The molecular weight excluding hydrogens is 162 g/mol. The van der Waals surface area contributed by atoms with Gasteiger partial charge in [-0.15, -0.1) is 0 Å². The van der Waals surface area contributed by atoms with Crippen LogP contribution in [0.4, 0.5) is 0 Å². The van der Waals surface area contributed by atoms with Gasteiger partial charge in [-0.25, -0.2) is 4.98 Å². The summed E-state index contributed by atoms with van der Waals surface area (Å²) in [5.41, 5.74) is 6.65. The van der Waals surface area contributed by atoms with Crippen molar-refractivity contribution in [2.45, 2.75) is 6.67 Å². The molecule has 0 spiro atoms. The van der Waals surface area contributed by atoms with E-state index in [-0.39, 0.29) is 0 Å². The summed E-state index contributed by atoms with van der Waals surface area (Å²) < 4.78 is 1.91. The molecular formula is C10H11N3. The molecule has 0 aliphatic carbocycles. The lowest BCUT2D eigenvalue weighted by atomic mass is 10.2. The Hall–Kier alpha value is -1.61.